The predicted molar refractivity (Wildman–Crippen MR) is 113 cm³/mol. The number of hydrogen-bond donors (Lipinski definition) is 2. The summed E-state index contributed by atoms with van der Waals surface area (Å²) < 4.78 is 5.64. The monoisotopic (exact) mass is 415 g/mol. The van der Waals surface area contributed by atoms with Crippen LogP contribution >= 0.6 is 12.4 Å². The van der Waals surface area contributed by atoms with Crippen LogP contribution in [-0.2, 0) is 6.54 Å². The van der Waals surface area contributed by atoms with Gasteiger partial charge in [0.15, 0.2) is 11.5 Å². The highest BCUT2D eigenvalue weighted by Crippen LogP contribution is 2.23. The lowest BCUT2D eigenvalue weighted by Crippen LogP contribution is -2.40. The summed E-state index contributed by atoms with van der Waals surface area (Å²) in [6.07, 6.45) is 4.71. The van der Waals surface area contributed by atoms with E-state index in [1.807, 2.05) is 42.2 Å². The smallest absolute Gasteiger partial charge is 0.274 e. The summed E-state index contributed by atoms with van der Waals surface area (Å²) in [4.78, 5) is 19.7. The molecule has 0 radical (unpaired) electrons. The Balaban J connectivity index is 0.00000240. The second-order valence-electron chi connectivity index (χ2n) is 7.17. The van der Waals surface area contributed by atoms with Gasteiger partial charge in [-0.3, -0.25) is 14.9 Å². The van der Waals surface area contributed by atoms with Crippen molar-refractivity contribution in [1.82, 2.24) is 25.4 Å². The van der Waals surface area contributed by atoms with Crippen molar-refractivity contribution in [2.24, 2.45) is 0 Å². The highest BCUT2D eigenvalue weighted by Gasteiger charge is 2.28. The maximum atomic E-state index is 13.4. The van der Waals surface area contributed by atoms with Crippen molar-refractivity contribution >= 4 is 18.3 Å². The van der Waals surface area contributed by atoms with E-state index in [0.29, 0.717) is 23.7 Å². The Kier molecular flexibility index (Phi) is 7.06. The number of halogens is 1. The molecular weight excluding hydrogens is 390 g/mol. The molecule has 1 atom stereocenters. The fraction of sp³-hybridized carbons (Fsp3) is 0.381. The molecule has 2 N–H and O–H groups in total. The minimum Gasteiger partial charge on any atom is -0.460 e. The Morgan fingerprint density at radius 3 is 2.90 bits per heavy atom. The van der Waals surface area contributed by atoms with Crippen LogP contribution in [0.4, 0.5) is 0 Å². The van der Waals surface area contributed by atoms with Crippen LogP contribution in [0.15, 0.2) is 47.0 Å². The molecule has 154 valence electrons. The van der Waals surface area contributed by atoms with Crippen LogP contribution in [0.25, 0.3) is 11.5 Å². The number of aromatic nitrogens is 3. The van der Waals surface area contributed by atoms with Gasteiger partial charge in [0.2, 0.25) is 0 Å². The van der Waals surface area contributed by atoms with Gasteiger partial charge in [0.1, 0.15) is 11.5 Å². The van der Waals surface area contributed by atoms with E-state index in [4.69, 9.17) is 4.42 Å². The molecule has 0 spiro atoms. The van der Waals surface area contributed by atoms with Gasteiger partial charge in [-0.1, -0.05) is 6.07 Å². The molecule has 4 rings (SSSR count). The number of carbonyl (C=O) groups is 1. The summed E-state index contributed by atoms with van der Waals surface area (Å²) in [6, 6.07) is 11.5. The van der Waals surface area contributed by atoms with E-state index in [1.165, 1.54) is 0 Å². The summed E-state index contributed by atoms with van der Waals surface area (Å²) in [7, 11) is 0. The number of H-pyrrole nitrogens is 1. The fourth-order valence-corrected chi connectivity index (χ4v) is 3.63. The normalized spacial score (nSPS) is 16.7. The molecule has 4 heterocycles. The Bertz CT molecular complexity index is 916. The molecule has 8 heteroatoms. The van der Waals surface area contributed by atoms with E-state index in [9.17, 15) is 4.79 Å². The van der Waals surface area contributed by atoms with Crippen LogP contribution in [-0.4, -0.2) is 45.1 Å². The molecule has 1 fully saturated rings. The van der Waals surface area contributed by atoms with Crippen molar-refractivity contribution in [2.45, 2.75) is 38.8 Å². The number of aryl methyl sites for hydroxylation is 1. The number of furan rings is 1. The molecular formula is C21H26ClN5O2. The Labute approximate surface area is 176 Å². The first kappa shape index (κ1) is 21.1. The van der Waals surface area contributed by atoms with E-state index < -0.39 is 0 Å². The summed E-state index contributed by atoms with van der Waals surface area (Å²) in [6.45, 7) is 4.27. The molecule has 29 heavy (non-hydrogen) atoms. The van der Waals surface area contributed by atoms with Gasteiger partial charge in [0.25, 0.3) is 5.91 Å². The molecule has 0 aromatic carbocycles. The van der Waals surface area contributed by atoms with Crippen LogP contribution in [0.3, 0.4) is 0 Å². The third kappa shape index (κ3) is 5.05. The first-order chi connectivity index (χ1) is 13.7. The average Bonchev–Trinajstić information content (AvgIpc) is 3.29. The van der Waals surface area contributed by atoms with Crippen molar-refractivity contribution in [2.75, 3.05) is 13.1 Å². The molecule has 1 amide bonds. The lowest BCUT2D eigenvalue weighted by atomic mass is 10.1. The second-order valence-corrected chi connectivity index (χ2v) is 7.17. The van der Waals surface area contributed by atoms with Gasteiger partial charge in [-0.15, -0.1) is 12.4 Å². The SMILES string of the molecule is Cc1ccc(-c2cc(C(=O)N(Cc3ccccn3)C3CCCNCC3)n[nH]2)o1.Cl. The number of nitrogens with zero attached hydrogens (tertiary/aromatic N) is 3. The van der Waals surface area contributed by atoms with Gasteiger partial charge >= 0.3 is 0 Å². The molecule has 0 aliphatic carbocycles. The van der Waals surface area contributed by atoms with Gasteiger partial charge in [-0.05, 0) is 63.5 Å². The first-order valence-corrected chi connectivity index (χ1v) is 9.74. The number of amides is 1. The average molecular weight is 416 g/mol. The number of carbonyl (C=O) groups excluding carboxylic acids is 1. The van der Waals surface area contributed by atoms with Gasteiger partial charge in [-0.25, -0.2) is 0 Å². The van der Waals surface area contributed by atoms with E-state index in [2.05, 4.69) is 20.5 Å². The Hall–Kier alpha value is -2.64. The van der Waals surface area contributed by atoms with E-state index in [-0.39, 0.29) is 24.4 Å². The topological polar surface area (TPSA) is 87.0 Å². The maximum Gasteiger partial charge on any atom is 0.274 e. The van der Waals surface area contributed by atoms with Crippen molar-refractivity contribution in [3.05, 3.63) is 59.7 Å². The molecule has 3 aromatic heterocycles. The summed E-state index contributed by atoms with van der Waals surface area (Å²) >= 11 is 0. The summed E-state index contributed by atoms with van der Waals surface area (Å²) in [5, 5.41) is 10.6. The second kappa shape index (κ2) is 9.71. The van der Waals surface area contributed by atoms with Gasteiger partial charge in [0.05, 0.1) is 12.2 Å². The minimum absolute atomic E-state index is 0. The summed E-state index contributed by atoms with van der Waals surface area (Å²) in [5.41, 5.74) is 1.99. The number of pyridine rings is 1. The lowest BCUT2D eigenvalue weighted by Gasteiger charge is -2.30. The van der Waals surface area contributed by atoms with Crippen molar-refractivity contribution in [3.63, 3.8) is 0 Å². The van der Waals surface area contributed by atoms with Crippen molar-refractivity contribution in [3.8, 4) is 11.5 Å². The molecule has 0 saturated carbocycles. The highest BCUT2D eigenvalue weighted by molar-refractivity contribution is 5.93. The fourth-order valence-electron chi connectivity index (χ4n) is 3.63. The van der Waals surface area contributed by atoms with Crippen LogP contribution in [0, 0.1) is 6.92 Å². The number of rotatable bonds is 5. The quantitative estimate of drug-likeness (QED) is 0.665. The molecule has 7 nitrogen and oxygen atoms in total. The van der Waals surface area contributed by atoms with Crippen LogP contribution in [0.2, 0.25) is 0 Å². The molecule has 1 unspecified atom stereocenters. The maximum absolute atomic E-state index is 13.4. The van der Waals surface area contributed by atoms with Crippen molar-refractivity contribution in [1.29, 1.82) is 0 Å². The molecule has 1 saturated heterocycles. The molecule has 1 aliphatic heterocycles. The first-order valence-electron chi connectivity index (χ1n) is 9.74. The Morgan fingerprint density at radius 2 is 2.14 bits per heavy atom. The van der Waals surface area contributed by atoms with E-state index in [0.717, 1.165) is 43.8 Å². The van der Waals surface area contributed by atoms with Crippen LogP contribution in [0.5, 0.6) is 0 Å². The molecule has 3 aromatic rings. The highest BCUT2D eigenvalue weighted by atomic mass is 35.5. The minimum atomic E-state index is -0.0802. The van der Waals surface area contributed by atoms with Gasteiger partial charge in [0, 0.05) is 18.3 Å². The molecule has 0 bridgehead atoms. The zero-order valence-electron chi connectivity index (χ0n) is 16.4. The van der Waals surface area contributed by atoms with Crippen molar-refractivity contribution < 1.29 is 9.21 Å². The van der Waals surface area contributed by atoms with Crippen LogP contribution in [0.1, 0.15) is 41.2 Å². The van der Waals surface area contributed by atoms with Gasteiger partial charge < -0.3 is 14.6 Å². The number of hydrogen-bond acceptors (Lipinski definition) is 5. The van der Waals surface area contributed by atoms with E-state index >= 15 is 0 Å². The zero-order chi connectivity index (χ0) is 19.3. The zero-order valence-corrected chi connectivity index (χ0v) is 17.2. The standard InChI is InChI=1S/C21H25N5O2.ClH/c1-15-7-8-20(28-15)18-13-19(25-24-18)21(27)26(14-16-5-2-3-11-23-16)17-6-4-10-22-12-9-17;/h2-3,5,7-8,11,13,17,22H,4,6,9-10,12,14H2,1H3,(H,24,25);1H. The third-order valence-corrected chi connectivity index (χ3v) is 5.11. The summed E-state index contributed by atoms with van der Waals surface area (Å²) in [5.74, 6) is 1.42. The largest absolute Gasteiger partial charge is 0.460 e. The molecule has 1 aliphatic rings. The van der Waals surface area contributed by atoms with Gasteiger partial charge in [-0.2, -0.15) is 5.10 Å². The van der Waals surface area contributed by atoms with Crippen LogP contribution < -0.4 is 5.32 Å². The number of nitrogens with one attached hydrogen (secondary N) is 2. The van der Waals surface area contributed by atoms with E-state index in [1.54, 1.807) is 12.3 Å². The predicted octanol–water partition coefficient (Wildman–Crippen LogP) is 3.58. The number of aromatic amines is 1. The Morgan fingerprint density at radius 1 is 1.24 bits per heavy atom. The third-order valence-electron chi connectivity index (χ3n) is 5.11. The lowest BCUT2D eigenvalue weighted by molar-refractivity contribution is 0.0636.